The van der Waals surface area contributed by atoms with E-state index in [0.29, 0.717) is 11.8 Å². The van der Waals surface area contributed by atoms with Crippen LogP contribution in [0.15, 0.2) is 48.5 Å². The number of aromatic amines is 1. The number of nitrogens with one attached hydrogen (secondary N) is 2. The minimum Gasteiger partial charge on any atom is -0.494 e. The van der Waals surface area contributed by atoms with Gasteiger partial charge in [-0.2, -0.15) is 0 Å². The number of hydrogen-bond acceptors (Lipinski definition) is 3. The van der Waals surface area contributed by atoms with E-state index in [0.717, 1.165) is 22.9 Å². The van der Waals surface area contributed by atoms with Gasteiger partial charge in [0, 0.05) is 24.9 Å². The van der Waals surface area contributed by atoms with Gasteiger partial charge in [0.1, 0.15) is 0 Å². The molecule has 0 saturated carbocycles. The maximum absolute atomic E-state index is 10.9. The van der Waals surface area contributed by atoms with Crippen molar-refractivity contribution in [1.82, 2.24) is 10.3 Å². The smallest absolute Gasteiger partial charge is 0.216 e. The van der Waals surface area contributed by atoms with Crippen LogP contribution in [0.1, 0.15) is 28.4 Å². The Kier molecular flexibility index (Phi) is 5.73. The molecule has 0 fully saturated rings. The summed E-state index contributed by atoms with van der Waals surface area (Å²) < 4.78 is 0. The highest BCUT2D eigenvalue weighted by molar-refractivity contribution is 6.00. The van der Waals surface area contributed by atoms with Crippen LogP contribution in [0.4, 0.5) is 0 Å². The predicted octanol–water partition coefficient (Wildman–Crippen LogP) is 3.03. The van der Waals surface area contributed by atoms with E-state index in [1.54, 1.807) is 7.05 Å². The summed E-state index contributed by atoms with van der Waals surface area (Å²) in [7, 11) is 1.60. The molecule has 2 aromatic carbocycles. The number of aromatic hydroxyl groups is 1. The van der Waals surface area contributed by atoms with Crippen molar-refractivity contribution in [2.75, 3.05) is 7.05 Å². The average Bonchev–Trinajstić information content (AvgIpc) is 2.90. The zero-order valence-corrected chi connectivity index (χ0v) is 13.7. The molecule has 0 aliphatic carbocycles. The van der Waals surface area contributed by atoms with Crippen molar-refractivity contribution in [2.45, 2.75) is 13.3 Å². The van der Waals surface area contributed by atoms with E-state index in [1.807, 2.05) is 36.4 Å². The number of carbonyl (C=O) groups excluding carboxylic acids is 2. The molecule has 0 spiro atoms. The van der Waals surface area contributed by atoms with E-state index < -0.39 is 0 Å². The fraction of sp³-hybridized carbons (Fsp3) is 0.158. The van der Waals surface area contributed by atoms with Crippen LogP contribution in [0.25, 0.3) is 10.9 Å². The largest absolute Gasteiger partial charge is 0.494 e. The van der Waals surface area contributed by atoms with Gasteiger partial charge in [-0.1, -0.05) is 42.5 Å². The van der Waals surface area contributed by atoms with Gasteiger partial charge >= 0.3 is 0 Å². The number of amides is 1. The van der Waals surface area contributed by atoms with Crippen LogP contribution in [0.5, 0.6) is 5.88 Å². The number of aromatic nitrogens is 1. The summed E-state index contributed by atoms with van der Waals surface area (Å²) in [5, 5.41) is 12.8. The van der Waals surface area contributed by atoms with Crippen molar-refractivity contribution >= 4 is 23.1 Å². The van der Waals surface area contributed by atoms with Crippen molar-refractivity contribution < 1.29 is 14.7 Å². The molecule has 0 unspecified atom stereocenters. The average molecular weight is 324 g/mol. The van der Waals surface area contributed by atoms with Gasteiger partial charge in [0.25, 0.3) is 0 Å². The third kappa shape index (κ3) is 4.23. The number of aldehydes is 1. The molecule has 3 N–H and O–H groups in total. The second-order valence-corrected chi connectivity index (χ2v) is 5.35. The number of benzene rings is 2. The minimum atomic E-state index is -0.0677. The Balaban J connectivity index is 0.000000368. The predicted molar refractivity (Wildman–Crippen MR) is 94.3 cm³/mol. The van der Waals surface area contributed by atoms with Gasteiger partial charge in [-0.3, -0.25) is 9.59 Å². The summed E-state index contributed by atoms with van der Waals surface area (Å²) in [5.74, 6) is -0.0631. The van der Waals surface area contributed by atoms with Gasteiger partial charge < -0.3 is 15.4 Å². The monoisotopic (exact) mass is 324 g/mol. The highest BCUT2D eigenvalue weighted by Gasteiger charge is 2.10. The van der Waals surface area contributed by atoms with E-state index in [1.165, 1.54) is 12.5 Å². The van der Waals surface area contributed by atoms with Crippen molar-refractivity contribution in [3.8, 4) is 5.88 Å². The lowest BCUT2D eigenvalue weighted by atomic mass is 10.0. The third-order valence-electron chi connectivity index (χ3n) is 3.60. The first-order valence-electron chi connectivity index (χ1n) is 7.56. The Morgan fingerprint density at radius 2 is 1.83 bits per heavy atom. The molecule has 0 bridgehead atoms. The Morgan fingerprint density at radius 1 is 1.17 bits per heavy atom. The van der Waals surface area contributed by atoms with Crippen molar-refractivity contribution in [3.05, 3.63) is 65.2 Å². The number of fused-ring (bicyclic) bond motifs is 1. The molecule has 124 valence electrons. The Morgan fingerprint density at radius 3 is 2.42 bits per heavy atom. The topological polar surface area (TPSA) is 82.2 Å². The molecule has 0 aliphatic heterocycles. The molecular formula is C19H20N2O3. The summed E-state index contributed by atoms with van der Waals surface area (Å²) >= 11 is 0. The van der Waals surface area contributed by atoms with Crippen LogP contribution in [0, 0.1) is 0 Å². The molecule has 0 atom stereocenters. The normalized spacial score (nSPS) is 9.92. The van der Waals surface area contributed by atoms with Crippen LogP contribution in [-0.2, 0) is 11.2 Å². The lowest BCUT2D eigenvalue weighted by molar-refractivity contribution is -0.118. The van der Waals surface area contributed by atoms with Gasteiger partial charge in [-0.15, -0.1) is 0 Å². The van der Waals surface area contributed by atoms with Gasteiger partial charge in [0.15, 0.2) is 12.2 Å². The molecule has 1 aromatic heterocycles. The van der Waals surface area contributed by atoms with Crippen LogP contribution in [0.2, 0.25) is 0 Å². The number of hydrogen-bond donors (Lipinski definition) is 3. The maximum Gasteiger partial charge on any atom is 0.216 e. The first-order chi connectivity index (χ1) is 11.5. The molecule has 3 aromatic rings. The van der Waals surface area contributed by atoms with E-state index in [2.05, 4.69) is 22.4 Å². The summed E-state index contributed by atoms with van der Waals surface area (Å²) in [4.78, 5) is 23.4. The number of rotatable bonds is 3. The van der Waals surface area contributed by atoms with Crippen molar-refractivity contribution in [3.63, 3.8) is 0 Å². The number of carbonyl (C=O) groups is 2. The molecule has 0 radical (unpaired) electrons. The van der Waals surface area contributed by atoms with E-state index >= 15 is 0 Å². The van der Waals surface area contributed by atoms with Crippen LogP contribution >= 0.6 is 0 Å². The molecule has 0 aliphatic rings. The third-order valence-corrected chi connectivity index (χ3v) is 3.60. The molecule has 24 heavy (non-hydrogen) atoms. The Bertz CT molecular complexity index is 838. The minimum absolute atomic E-state index is 0.00463. The molecule has 3 rings (SSSR count). The fourth-order valence-corrected chi connectivity index (χ4v) is 2.31. The SMILES string of the molecule is CNC(C)=O.O=Cc1c(O)[nH]c2cc(Cc3ccccc3)ccc12. The first-order valence-corrected chi connectivity index (χ1v) is 7.56. The van der Waals surface area contributed by atoms with Crippen LogP contribution < -0.4 is 5.32 Å². The van der Waals surface area contributed by atoms with Crippen LogP contribution in [0.3, 0.4) is 0 Å². The summed E-state index contributed by atoms with van der Waals surface area (Å²) in [6, 6.07) is 16.0. The van der Waals surface area contributed by atoms with Gasteiger partial charge in [-0.05, 0) is 23.6 Å². The molecule has 5 nitrogen and oxygen atoms in total. The lowest BCUT2D eigenvalue weighted by Gasteiger charge is -2.02. The molecule has 1 heterocycles. The maximum atomic E-state index is 10.9. The standard InChI is InChI=1S/C16H13NO2.C3H7NO/c18-10-14-13-7-6-12(9-15(13)17-16(14)19)8-11-4-2-1-3-5-11;1-3(5)4-2/h1-7,9-10,17,19H,8H2;1-2H3,(H,4,5). The van der Waals surface area contributed by atoms with Crippen molar-refractivity contribution in [2.24, 2.45) is 0 Å². The summed E-state index contributed by atoms with van der Waals surface area (Å²) in [5.41, 5.74) is 3.47. The van der Waals surface area contributed by atoms with Crippen molar-refractivity contribution in [1.29, 1.82) is 0 Å². The highest BCUT2D eigenvalue weighted by atomic mass is 16.3. The lowest BCUT2D eigenvalue weighted by Crippen LogP contribution is -2.11. The van der Waals surface area contributed by atoms with E-state index in [4.69, 9.17) is 0 Å². The van der Waals surface area contributed by atoms with E-state index in [-0.39, 0.29) is 11.8 Å². The summed E-state index contributed by atoms with van der Waals surface area (Å²) in [6.07, 6.45) is 1.50. The summed E-state index contributed by atoms with van der Waals surface area (Å²) in [6.45, 7) is 1.47. The van der Waals surface area contributed by atoms with Gasteiger partial charge in [-0.25, -0.2) is 0 Å². The first kappa shape index (κ1) is 17.3. The van der Waals surface area contributed by atoms with Gasteiger partial charge in [0.2, 0.25) is 5.91 Å². The second kappa shape index (κ2) is 7.97. The quantitative estimate of drug-likeness (QED) is 0.648. The zero-order valence-electron chi connectivity index (χ0n) is 13.7. The fourth-order valence-electron chi connectivity index (χ4n) is 2.31. The Labute approximate surface area is 140 Å². The van der Waals surface area contributed by atoms with E-state index in [9.17, 15) is 14.7 Å². The number of H-pyrrole nitrogens is 1. The highest BCUT2D eigenvalue weighted by Crippen LogP contribution is 2.26. The molecule has 1 amide bonds. The molecule has 5 heteroatoms. The second-order valence-electron chi connectivity index (χ2n) is 5.35. The molecular weight excluding hydrogens is 304 g/mol. The van der Waals surface area contributed by atoms with Gasteiger partial charge in [0.05, 0.1) is 5.56 Å². The zero-order chi connectivity index (χ0) is 17.5. The Hall–Kier alpha value is -3.08. The van der Waals surface area contributed by atoms with Crippen LogP contribution in [-0.4, -0.2) is 29.3 Å². The molecule has 0 saturated heterocycles.